The summed E-state index contributed by atoms with van der Waals surface area (Å²) in [6.45, 7) is 3.75. The number of carbonyl (C=O) groups is 2. The molecule has 0 radical (unpaired) electrons. The Hall–Kier alpha value is -2.82. The van der Waals surface area contributed by atoms with Gasteiger partial charge in [0.15, 0.2) is 0 Å². The largest absolute Gasteiger partial charge is 0.336 e. The topological polar surface area (TPSA) is 61.4 Å². The zero-order chi connectivity index (χ0) is 16.8. The fourth-order valence-corrected chi connectivity index (χ4v) is 2.15. The highest BCUT2D eigenvalue weighted by molar-refractivity contribution is 6.11. The highest BCUT2D eigenvalue weighted by atomic mass is 16.2. The van der Waals surface area contributed by atoms with Gasteiger partial charge in [-0.25, -0.2) is 4.79 Å². The Bertz CT molecular complexity index is 684. The Morgan fingerprint density at radius 3 is 2.22 bits per heavy atom. The molecule has 0 unspecified atom stereocenters. The minimum absolute atomic E-state index is 0.0184. The molecule has 0 aromatic heterocycles. The SMILES string of the molecule is CC(C)NC(=O)Nc1ccccc1C(=O)N(C)c1ccccc1. The molecule has 0 spiro atoms. The molecule has 5 nitrogen and oxygen atoms in total. The number of rotatable bonds is 4. The van der Waals surface area contributed by atoms with Gasteiger partial charge in [-0.1, -0.05) is 30.3 Å². The molecule has 2 aromatic rings. The van der Waals surface area contributed by atoms with E-state index in [0.717, 1.165) is 5.69 Å². The number of hydrogen-bond donors (Lipinski definition) is 2. The highest BCUT2D eigenvalue weighted by Gasteiger charge is 2.18. The van der Waals surface area contributed by atoms with Gasteiger partial charge < -0.3 is 15.5 Å². The molecule has 120 valence electrons. The predicted octanol–water partition coefficient (Wildman–Crippen LogP) is 3.49. The molecule has 0 fully saturated rings. The van der Waals surface area contributed by atoms with Crippen LogP contribution in [0, 0.1) is 0 Å². The normalized spacial score (nSPS) is 10.3. The van der Waals surface area contributed by atoms with E-state index in [2.05, 4.69) is 10.6 Å². The van der Waals surface area contributed by atoms with Crippen molar-refractivity contribution in [1.82, 2.24) is 5.32 Å². The van der Waals surface area contributed by atoms with Gasteiger partial charge in [-0.3, -0.25) is 4.79 Å². The van der Waals surface area contributed by atoms with E-state index < -0.39 is 0 Å². The maximum atomic E-state index is 12.7. The van der Waals surface area contributed by atoms with Crippen molar-refractivity contribution in [3.63, 3.8) is 0 Å². The molecular weight excluding hydrogens is 290 g/mol. The maximum Gasteiger partial charge on any atom is 0.319 e. The molecule has 23 heavy (non-hydrogen) atoms. The van der Waals surface area contributed by atoms with Gasteiger partial charge >= 0.3 is 6.03 Å². The van der Waals surface area contributed by atoms with Crippen molar-refractivity contribution < 1.29 is 9.59 Å². The quantitative estimate of drug-likeness (QED) is 0.908. The summed E-state index contributed by atoms with van der Waals surface area (Å²) in [5, 5.41) is 5.47. The van der Waals surface area contributed by atoms with Crippen molar-refractivity contribution in [2.45, 2.75) is 19.9 Å². The van der Waals surface area contributed by atoms with Crippen LogP contribution in [0.5, 0.6) is 0 Å². The minimum Gasteiger partial charge on any atom is -0.336 e. The van der Waals surface area contributed by atoms with Crippen LogP contribution >= 0.6 is 0 Å². The Morgan fingerprint density at radius 1 is 0.957 bits per heavy atom. The standard InChI is InChI=1S/C18H21N3O2/c1-13(2)19-18(23)20-16-12-8-7-11-15(16)17(22)21(3)14-9-5-4-6-10-14/h4-13H,1-3H3,(H2,19,20,23). The number of urea groups is 1. The average molecular weight is 311 g/mol. The van der Waals surface area contributed by atoms with E-state index in [1.807, 2.05) is 44.2 Å². The van der Waals surface area contributed by atoms with Crippen molar-refractivity contribution in [2.75, 3.05) is 17.3 Å². The molecule has 2 rings (SSSR count). The molecule has 0 aliphatic heterocycles. The van der Waals surface area contributed by atoms with Crippen LogP contribution in [0.1, 0.15) is 24.2 Å². The van der Waals surface area contributed by atoms with Gasteiger partial charge in [-0.15, -0.1) is 0 Å². The van der Waals surface area contributed by atoms with E-state index >= 15 is 0 Å². The molecule has 5 heteroatoms. The molecule has 0 heterocycles. The van der Waals surface area contributed by atoms with E-state index in [-0.39, 0.29) is 18.0 Å². The van der Waals surface area contributed by atoms with Crippen molar-refractivity contribution in [2.24, 2.45) is 0 Å². The summed E-state index contributed by atoms with van der Waals surface area (Å²) in [5.41, 5.74) is 1.72. The summed E-state index contributed by atoms with van der Waals surface area (Å²) in [6, 6.07) is 16.0. The molecular formula is C18H21N3O2. The lowest BCUT2D eigenvalue weighted by molar-refractivity contribution is 0.0994. The molecule has 2 N–H and O–H groups in total. The maximum absolute atomic E-state index is 12.7. The third-order valence-electron chi connectivity index (χ3n) is 3.27. The highest BCUT2D eigenvalue weighted by Crippen LogP contribution is 2.20. The molecule has 0 bridgehead atoms. The Kier molecular flexibility index (Phi) is 5.36. The first-order chi connectivity index (χ1) is 11.0. The summed E-state index contributed by atoms with van der Waals surface area (Å²) >= 11 is 0. The minimum atomic E-state index is -0.331. The van der Waals surface area contributed by atoms with Crippen LogP contribution in [-0.4, -0.2) is 25.0 Å². The average Bonchev–Trinajstić information content (AvgIpc) is 2.54. The lowest BCUT2D eigenvalue weighted by Crippen LogP contribution is -2.35. The van der Waals surface area contributed by atoms with Crippen LogP contribution in [-0.2, 0) is 0 Å². The van der Waals surface area contributed by atoms with E-state index in [4.69, 9.17) is 0 Å². The molecule has 0 atom stereocenters. The fraction of sp³-hybridized carbons (Fsp3) is 0.222. The molecule has 0 saturated carbocycles. The number of benzene rings is 2. The van der Waals surface area contributed by atoms with Gasteiger partial charge in [-0.2, -0.15) is 0 Å². The molecule has 2 aromatic carbocycles. The molecule has 0 saturated heterocycles. The smallest absolute Gasteiger partial charge is 0.319 e. The summed E-state index contributed by atoms with van der Waals surface area (Å²) in [7, 11) is 1.71. The van der Waals surface area contributed by atoms with Crippen molar-refractivity contribution in [3.8, 4) is 0 Å². The predicted molar refractivity (Wildman–Crippen MR) is 92.9 cm³/mol. The van der Waals surface area contributed by atoms with Gasteiger partial charge in [0.2, 0.25) is 0 Å². The third-order valence-corrected chi connectivity index (χ3v) is 3.27. The molecule has 3 amide bonds. The first kappa shape index (κ1) is 16.5. The number of amides is 3. The molecule has 0 aliphatic rings. The van der Waals surface area contributed by atoms with Crippen LogP contribution in [0.25, 0.3) is 0 Å². The fourth-order valence-electron chi connectivity index (χ4n) is 2.15. The number of nitrogens with one attached hydrogen (secondary N) is 2. The second-order valence-electron chi connectivity index (χ2n) is 5.50. The zero-order valence-corrected chi connectivity index (χ0v) is 13.5. The Balaban J connectivity index is 2.22. The number of nitrogens with zero attached hydrogens (tertiary/aromatic N) is 1. The van der Waals surface area contributed by atoms with Crippen LogP contribution in [0.4, 0.5) is 16.2 Å². The summed E-state index contributed by atoms with van der Waals surface area (Å²) < 4.78 is 0. The zero-order valence-electron chi connectivity index (χ0n) is 13.5. The van der Waals surface area contributed by atoms with Crippen molar-refractivity contribution in [1.29, 1.82) is 0 Å². The van der Waals surface area contributed by atoms with E-state index in [1.54, 1.807) is 36.2 Å². The number of carbonyl (C=O) groups excluding carboxylic acids is 2. The lowest BCUT2D eigenvalue weighted by Gasteiger charge is -2.19. The Morgan fingerprint density at radius 2 is 1.57 bits per heavy atom. The van der Waals surface area contributed by atoms with E-state index in [1.165, 1.54) is 0 Å². The second-order valence-corrected chi connectivity index (χ2v) is 5.50. The van der Waals surface area contributed by atoms with Gasteiger partial charge in [0.1, 0.15) is 0 Å². The van der Waals surface area contributed by atoms with Gasteiger partial charge in [0.05, 0.1) is 11.3 Å². The Labute approximate surface area is 136 Å². The van der Waals surface area contributed by atoms with Gasteiger partial charge in [0.25, 0.3) is 5.91 Å². The van der Waals surface area contributed by atoms with Crippen LogP contribution in [0.3, 0.4) is 0 Å². The van der Waals surface area contributed by atoms with Crippen molar-refractivity contribution in [3.05, 3.63) is 60.2 Å². The number of para-hydroxylation sites is 2. The summed E-state index contributed by atoms with van der Waals surface area (Å²) in [6.07, 6.45) is 0. The monoisotopic (exact) mass is 311 g/mol. The van der Waals surface area contributed by atoms with Crippen LogP contribution in [0.2, 0.25) is 0 Å². The van der Waals surface area contributed by atoms with Crippen LogP contribution < -0.4 is 15.5 Å². The van der Waals surface area contributed by atoms with Gasteiger partial charge in [-0.05, 0) is 38.1 Å². The third kappa shape index (κ3) is 4.32. The number of anilines is 2. The van der Waals surface area contributed by atoms with Crippen LogP contribution in [0.15, 0.2) is 54.6 Å². The van der Waals surface area contributed by atoms with E-state index in [9.17, 15) is 9.59 Å². The van der Waals surface area contributed by atoms with Crippen molar-refractivity contribution >= 4 is 23.3 Å². The van der Waals surface area contributed by atoms with Gasteiger partial charge in [0, 0.05) is 18.8 Å². The number of hydrogen-bond acceptors (Lipinski definition) is 2. The second kappa shape index (κ2) is 7.45. The lowest BCUT2D eigenvalue weighted by atomic mass is 10.1. The summed E-state index contributed by atoms with van der Waals surface area (Å²) in [4.78, 5) is 26.2. The van der Waals surface area contributed by atoms with E-state index in [0.29, 0.717) is 11.3 Å². The summed E-state index contributed by atoms with van der Waals surface area (Å²) in [5.74, 6) is -0.184. The first-order valence-corrected chi connectivity index (χ1v) is 7.48. The molecule has 0 aliphatic carbocycles. The first-order valence-electron chi connectivity index (χ1n) is 7.48.